The molecule has 0 aromatic carbocycles. The molecule has 16 heavy (non-hydrogen) atoms. The molecule has 1 unspecified atom stereocenters. The lowest BCUT2D eigenvalue weighted by Crippen LogP contribution is -2.19. The summed E-state index contributed by atoms with van der Waals surface area (Å²) in [5.74, 6) is -0.637. The van der Waals surface area contributed by atoms with Crippen LogP contribution in [0.25, 0.3) is 0 Å². The Morgan fingerprint density at radius 1 is 1.56 bits per heavy atom. The lowest BCUT2D eigenvalue weighted by atomic mass is 10.1. The van der Waals surface area contributed by atoms with Crippen molar-refractivity contribution < 1.29 is 8.78 Å². The van der Waals surface area contributed by atoms with Gasteiger partial charge >= 0.3 is 0 Å². The second-order valence-electron chi connectivity index (χ2n) is 4.28. The van der Waals surface area contributed by atoms with Gasteiger partial charge in [0.05, 0.1) is 6.20 Å². The van der Waals surface area contributed by atoms with Gasteiger partial charge in [-0.1, -0.05) is 0 Å². The van der Waals surface area contributed by atoms with E-state index in [-0.39, 0.29) is 5.82 Å². The molecule has 2 heterocycles. The number of nitrogens with one attached hydrogen (secondary N) is 1. The fourth-order valence-electron chi connectivity index (χ4n) is 1.98. The third-order valence-electron chi connectivity index (χ3n) is 2.85. The molecule has 2 rings (SSSR count). The van der Waals surface area contributed by atoms with Gasteiger partial charge in [0.2, 0.25) is 0 Å². The fourth-order valence-corrected chi connectivity index (χ4v) is 1.98. The summed E-state index contributed by atoms with van der Waals surface area (Å²) in [4.78, 5) is 5.92. The average molecular weight is 227 g/mol. The van der Waals surface area contributed by atoms with Crippen LogP contribution in [0, 0.1) is 17.6 Å². The van der Waals surface area contributed by atoms with Gasteiger partial charge in [-0.25, -0.2) is 13.8 Å². The molecule has 0 bridgehead atoms. The van der Waals surface area contributed by atoms with E-state index in [0.29, 0.717) is 12.5 Å². The van der Waals surface area contributed by atoms with E-state index in [9.17, 15) is 8.78 Å². The Hall–Kier alpha value is -1.23. The van der Waals surface area contributed by atoms with Crippen LogP contribution in [0.4, 0.5) is 14.6 Å². The second-order valence-corrected chi connectivity index (χ2v) is 4.28. The highest BCUT2D eigenvalue weighted by Gasteiger charge is 2.19. The molecule has 0 radical (unpaired) electrons. The minimum Gasteiger partial charge on any atom is -0.367 e. The Morgan fingerprint density at radius 2 is 2.38 bits per heavy atom. The highest BCUT2D eigenvalue weighted by Crippen LogP contribution is 2.16. The zero-order chi connectivity index (χ0) is 11.5. The van der Waals surface area contributed by atoms with Gasteiger partial charge in [-0.15, -0.1) is 0 Å². The van der Waals surface area contributed by atoms with Crippen LogP contribution in [0.2, 0.25) is 0 Å². The zero-order valence-electron chi connectivity index (χ0n) is 9.21. The van der Waals surface area contributed by atoms with Crippen molar-refractivity contribution in [1.29, 1.82) is 0 Å². The molecule has 1 aliphatic heterocycles. The van der Waals surface area contributed by atoms with Crippen molar-refractivity contribution in [3.63, 3.8) is 0 Å². The molecule has 3 nitrogen and oxygen atoms in total. The predicted molar refractivity (Wildman–Crippen MR) is 58.2 cm³/mol. The number of nitrogens with zero attached hydrogens (tertiary/aromatic N) is 2. The Morgan fingerprint density at radius 3 is 3.00 bits per heavy atom. The van der Waals surface area contributed by atoms with Crippen molar-refractivity contribution in [2.75, 3.05) is 32.0 Å². The smallest absolute Gasteiger partial charge is 0.168 e. The van der Waals surface area contributed by atoms with Gasteiger partial charge < -0.3 is 10.2 Å². The van der Waals surface area contributed by atoms with Crippen LogP contribution in [0.5, 0.6) is 0 Å². The number of rotatable bonds is 3. The summed E-state index contributed by atoms with van der Waals surface area (Å²) < 4.78 is 25.8. The molecule has 1 aromatic rings. The molecule has 1 saturated heterocycles. The van der Waals surface area contributed by atoms with Gasteiger partial charge in [0.1, 0.15) is 5.82 Å². The van der Waals surface area contributed by atoms with Crippen LogP contribution in [0.3, 0.4) is 0 Å². The molecule has 0 amide bonds. The van der Waals surface area contributed by atoms with Crippen LogP contribution in [-0.2, 0) is 0 Å². The maximum absolute atomic E-state index is 13.2. The van der Waals surface area contributed by atoms with Crippen molar-refractivity contribution in [3.8, 4) is 0 Å². The normalized spacial score (nSPS) is 21.3. The van der Waals surface area contributed by atoms with Crippen molar-refractivity contribution in [2.45, 2.75) is 6.42 Å². The van der Waals surface area contributed by atoms with E-state index in [1.165, 1.54) is 0 Å². The quantitative estimate of drug-likeness (QED) is 0.852. The molecular formula is C11H15F2N3. The molecule has 0 aliphatic carbocycles. The average Bonchev–Trinajstić information content (AvgIpc) is 2.63. The second kappa shape index (κ2) is 4.74. The summed E-state index contributed by atoms with van der Waals surface area (Å²) in [5.41, 5.74) is 0. The van der Waals surface area contributed by atoms with Crippen LogP contribution in [-0.4, -0.2) is 36.6 Å². The first-order valence-corrected chi connectivity index (χ1v) is 5.38. The molecule has 1 atom stereocenters. The minimum absolute atomic E-state index is 0.135. The van der Waals surface area contributed by atoms with Crippen LogP contribution < -0.4 is 5.32 Å². The molecule has 1 aromatic heterocycles. The molecule has 1 aliphatic rings. The van der Waals surface area contributed by atoms with Crippen LogP contribution in [0.1, 0.15) is 6.42 Å². The van der Waals surface area contributed by atoms with Crippen LogP contribution >= 0.6 is 0 Å². The van der Waals surface area contributed by atoms with Crippen molar-refractivity contribution in [3.05, 3.63) is 23.9 Å². The molecule has 0 spiro atoms. The van der Waals surface area contributed by atoms with Gasteiger partial charge in [-0.2, -0.15) is 0 Å². The topological polar surface area (TPSA) is 28.2 Å². The summed E-state index contributed by atoms with van der Waals surface area (Å²) in [6.45, 7) is 2.77. The Labute approximate surface area is 93.5 Å². The summed E-state index contributed by atoms with van der Waals surface area (Å²) in [6, 6.07) is 0.843. The Bertz CT molecular complexity index is 370. The number of hydrogen-bond acceptors (Lipinski definition) is 3. The third kappa shape index (κ3) is 2.66. The number of pyridine rings is 1. The number of aromatic nitrogens is 1. The van der Waals surface area contributed by atoms with E-state index in [2.05, 4.69) is 22.2 Å². The van der Waals surface area contributed by atoms with Crippen LogP contribution in [0.15, 0.2) is 12.3 Å². The SMILES string of the molecule is CN1CCC(CNc2ncc(F)cc2F)C1. The lowest BCUT2D eigenvalue weighted by molar-refractivity contribution is 0.399. The minimum atomic E-state index is -0.649. The van der Waals surface area contributed by atoms with E-state index in [1.54, 1.807) is 0 Å². The van der Waals surface area contributed by atoms with E-state index in [0.717, 1.165) is 31.8 Å². The van der Waals surface area contributed by atoms with Gasteiger partial charge in [-0.3, -0.25) is 0 Å². The van der Waals surface area contributed by atoms with Gasteiger partial charge in [0, 0.05) is 19.2 Å². The third-order valence-corrected chi connectivity index (χ3v) is 2.85. The highest BCUT2D eigenvalue weighted by molar-refractivity contribution is 5.35. The maximum atomic E-state index is 13.2. The zero-order valence-corrected chi connectivity index (χ0v) is 9.21. The monoisotopic (exact) mass is 227 g/mol. The number of likely N-dealkylation sites (tertiary alicyclic amines) is 1. The number of halogens is 2. The maximum Gasteiger partial charge on any atom is 0.168 e. The van der Waals surface area contributed by atoms with E-state index in [4.69, 9.17) is 0 Å². The molecule has 88 valence electrons. The predicted octanol–water partition coefficient (Wildman–Crippen LogP) is 1.72. The van der Waals surface area contributed by atoms with Gasteiger partial charge in [0.15, 0.2) is 11.6 Å². The summed E-state index contributed by atoms with van der Waals surface area (Å²) in [6.07, 6.45) is 2.12. The molecule has 1 fully saturated rings. The highest BCUT2D eigenvalue weighted by atomic mass is 19.1. The Kier molecular flexibility index (Phi) is 3.33. The molecule has 5 heteroatoms. The van der Waals surface area contributed by atoms with Crippen molar-refractivity contribution >= 4 is 5.82 Å². The molecule has 1 N–H and O–H groups in total. The van der Waals surface area contributed by atoms with E-state index >= 15 is 0 Å². The summed E-state index contributed by atoms with van der Waals surface area (Å²) in [7, 11) is 2.07. The van der Waals surface area contributed by atoms with E-state index in [1.807, 2.05) is 0 Å². The number of hydrogen-bond donors (Lipinski definition) is 1. The first-order valence-electron chi connectivity index (χ1n) is 5.38. The van der Waals surface area contributed by atoms with Crippen molar-refractivity contribution in [1.82, 2.24) is 9.88 Å². The first-order chi connectivity index (χ1) is 7.65. The Balaban J connectivity index is 1.89. The lowest BCUT2D eigenvalue weighted by Gasteiger charge is -2.12. The number of anilines is 1. The van der Waals surface area contributed by atoms with Gasteiger partial charge in [-0.05, 0) is 25.9 Å². The van der Waals surface area contributed by atoms with E-state index < -0.39 is 11.6 Å². The van der Waals surface area contributed by atoms with Crippen molar-refractivity contribution in [2.24, 2.45) is 5.92 Å². The molecular weight excluding hydrogens is 212 g/mol. The first kappa shape index (κ1) is 11.3. The summed E-state index contributed by atoms with van der Waals surface area (Å²) in [5, 5.41) is 2.92. The molecule has 0 saturated carbocycles. The van der Waals surface area contributed by atoms with Gasteiger partial charge in [0.25, 0.3) is 0 Å². The standard InChI is InChI=1S/C11H15F2N3/c1-16-3-2-8(7-16)5-14-11-10(13)4-9(12)6-15-11/h4,6,8H,2-3,5,7H2,1H3,(H,14,15). The largest absolute Gasteiger partial charge is 0.367 e. The fraction of sp³-hybridized carbons (Fsp3) is 0.545. The summed E-state index contributed by atoms with van der Waals surface area (Å²) >= 11 is 0.